The van der Waals surface area contributed by atoms with Gasteiger partial charge in [-0.25, -0.2) is 8.42 Å². The largest absolute Gasteiger partial charge is 0.256 e. The quantitative estimate of drug-likeness (QED) is 0.423. The molecule has 6 heteroatoms. The Kier molecular flexibility index (Phi) is 7.14. The number of hydrogen-bond donors (Lipinski definition) is 0. The van der Waals surface area contributed by atoms with Crippen LogP contribution >= 0.6 is 32.9 Å². The minimum Gasteiger partial charge on any atom is -0.256 e. The highest BCUT2D eigenvalue weighted by molar-refractivity contribution is 9.10. The van der Waals surface area contributed by atoms with Gasteiger partial charge in [0.1, 0.15) is 0 Å². The van der Waals surface area contributed by atoms with Crippen LogP contribution in [0.3, 0.4) is 0 Å². The second kappa shape index (κ2) is 8.95. The molecule has 3 rings (SSSR count). The molecule has 3 nitrogen and oxygen atoms in total. The van der Waals surface area contributed by atoms with Crippen LogP contribution in [-0.4, -0.2) is 19.7 Å². The Bertz CT molecular complexity index is 1060. The number of sulfone groups is 1. The number of rotatable bonds is 4. The van der Waals surface area contributed by atoms with E-state index < -0.39 is 9.84 Å². The highest BCUT2D eigenvalue weighted by Crippen LogP contribution is 2.27. The molecule has 0 aliphatic rings. The van der Waals surface area contributed by atoms with Crippen LogP contribution < -0.4 is 0 Å². The molecule has 0 aliphatic carbocycles. The molecule has 27 heavy (non-hydrogen) atoms. The molecule has 0 aliphatic heterocycles. The Morgan fingerprint density at radius 2 is 1.74 bits per heavy atom. The Labute approximate surface area is 179 Å². The highest BCUT2D eigenvalue weighted by atomic mass is 79.9. The van der Waals surface area contributed by atoms with Crippen LogP contribution in [0, 0.1) is 6.92 Å². The summed E-state index contributed by atoms with van der Waals surface area (Å²) in [6.45, 7) is 2.00. The zero-order valence-corrected chi connectivity index (χ0v) is 19.0. The lowest BCUT2D eigenvalue weighted by Crippen LogP contribution is -1.98. The first-order valence-corrected chi connectivity index (χ1v) is 10.7. The lowest BCUT2D eigenvalue weighted by Gasteiger charge is -2.10. The minimum atomic E-state index is -3.22. The Balaban J connectivity index is 0.00000261. The van der Waals surface area contributed by atoms with Gasteiger partial charge in [0, 0.05) is 22.5 Å². The first-order chi connectivity index (χ1) is 12.3. The summed E-state index contributed by atoms with van der Waals surface area (Å²) in [5.41, 5.74) is 4.80. The van der Waals surface area contributed by atoms with Gasteiger partial charge in [-0.3, -0.25) is 4.98 Å². The van der Waals surface area contributed by atoms with Gasteiger partial charge in [0.2, 0.25) is 0 Å². The summed E-state index contributed by atoms with van der Waals surface area (Å²) in [7, 11) is -3.22. The van der Waals surface area contributed by atoms with Crippen LogP contribution in [0.5, 0.6) is 0 Å². The van der Waals surface area contributed by atoms with Crippen molar-refractivity contribution in [1.29, 1.82) is 0 Å². The SMILES string of the molecule is Br.Cc1ccc(/C(=C/c2cccc(Br)c2)c2ccc(S(C)(=O)=O)cc2)nc1. The summed E-state index contributed by atoms with van der Waals surface area (Å²) < 4.78 is 24.4. The number of hydrogen-bond acceptors (Lipinski definition) is 3. The number of benzene rings is 2. The van der Waals surface area contributed by atoms with Gasteiger partial charge in [0.25, 0.3) is 0 Å². The molecule has 0 N–H and O–H groups in total. The van der Waals surface area contributed by atoms with Gasteiger partial charge < -0.3 is 0 Å². The standard InChI is InChI=1S/C21H18BrNO2S.BrH/c1-15-6-11-21(23-14-15)20(13-16-4-3-5-18(22)12-16)17-7-9-19(10-8-17)26(2,24)25;/h3-14H,1-2H3;1H/b20-13+;. The van der Waals surface area contributed by atoms with Crippen molar-refractivity contribution in [2.75, 3.05) is 6.26 Å². The first-order valence-electron chi connectivity index (χ1n) is 8.04. The van der Waals surface area contributed by atoms with E-state index in [9.17, 15) is 8.42 Å². The van der Waals surface area contributed by atoms with E-state index in [1.54, 1.807) is 12.1 Å². The molecule has 0 amide bonds. The number of halogens is 2. The van der Waals surface area contributed by atoms with Crippen molar-refractivity contribution in [1.82, 2.24) is 4.98 Å². The topological polar surface area (TPSA) is 47.0 Å². The highest BCUT2D eigenvalue weighted by Gasteiger charge is 2.11. The smallest absolute Gasteiger partial charge is 0.175 e. The molecular weight excluding hydrogens is 490 g/mol. The number of aromatic nitrogens is 1. The molecule has 140 valence electrons. The first kappa shape index (κ1) is 21.5. The van der Waals surface area contributed by atoms with E-state index >= 15 is 0 Å². The molecule has 1 aromatic heterocycles. The van der Waals surface area contributed by atoms with E-state index in [-0.39, 0.29) is 17.0 Å². The third-order valence-electron chi connectivity index (χ3n) is 3.94. The molecule has 0 unspecified atom stereocenters. The fourth-order valence-corrected chi connectivity index (χ4v) is 3.62. The zero-order valence-electron chi connectivity index (χ0n) is 14.9. The van der Waals surface area contributed by atoms with E-state index in [2.05, 4.69) is 27.0 Å². The molecule has 0 saturated heterocycles. The second-order valence-electron chi connectivity index (χ2n) is 6.13. The van der Waals surface area contributed by atoms with Gasteiger partial charge in [-0.1, -0.05) is 46.3 Å². The van der Waals surface area contributed by atoms with Crippen LogP contribution in [0.2, 0.25) is 0 Å². The molecule has 0 bridgehead atoms. The average molecular weight is 509 g/mol. The Morgan fingerprint density at radius 3 is 2.30 bits per heavy atom. The van der Waals surface area contributed by atoms with Crippen LogP contribution in [0.1, 0.15) is 22.4 Å². The summed E-state index contributed by atoms with van der Waals surface area (Å²) in [5, 5.41) is 0. The number of nitrogens with zero attached hydrogens (tertiary/aromatic N) is 1. The molecule has 0 radical (unpaired) electrons. The van der Waals surface area contributed by atoms with E-state index in [1.807, 2.05) is 61.7 Å². The van der Waals surface area contributed by atoms with Crippen LogP contribution in [0.4, 0.5) is 0 Å². The maximum atomic E-state index is 11.7. The molecular formula is C21H19Br2NO2S. The van der Waals surface area contributed by atoms with Gasteiger partial charge >= 0.3 is 0 Å². The molecule has 0 atom stereocenters. The number of pyridine rings is 1. The maximum Gasteiger partial charge on any atom is 0.175 e. The van der Waals surface area contributed by atoms with Gasteiger partial charge in [0.05, 0.1) is 10.6 Å². The lowest BCUT2D eigenvalue weighted by molar-refractivity contribution is 0.602. The minimum absolute atomic E-state index is 0. The van der Waals surface area contributed by atoms with Gasteiger partial charge in [-0.2, -0.15) is 0 Å². The van der Waals surface area contributed by atoms with Crippen molar-refractivity contribution in [3.05, 3.63) is 93.7 Å². The summed E-state index contributed by atoms with van der Waals surface area (Å²) in [4.78, 5) is 4.85. The summed E-state index contributed by atoms with van der Waals surface area (Å²) in [6, 6.07) is 18.9. The molecule has 0 fully saturated rings. The molecule has 0 spiro atoms. The molecule has 0 saturated carbocycles. The van der Waals surface area contributed by atoms with Crippen molar-refractivity contribution in [2.24, 2.45) is 0 Å². The van der Waals surface area contributed by atoms with Crippen molar-refractivity contribution in [3.8, 4) is 0 Å². The van der Waals surface area contributed by atoms with Crippen LogP contribution in [-0.2, 0) is 9.84 Å². The molecule has 3 aromatic rings. The summed E-state index contributed by atoms with van der Waals surface area (Å²) in [5.74, 6) is 0. The van der Waals surface area contributed by atoms with Crippen molar-refractivity contribution in [3.63, 3.8) is 0 Å². The van der Waals surface area contributed by atoms with E-state index in [0.29, 0.717) is 4.90 Å². The number of aryl methyl sites for hydroxylation is 1. The van der Waals surface area contributed by atoms with Crippen LogP contribution in [0.25, 0.3) is 11.6 Å². The second-order valence-corrected chi connectivity index (χ2v) is 9.06. The van der Waals surface area contributed by atoms with Gasteiger partial charge in [0.15, 0.2) is 9.84 Å². The third-order valence-corrected chi connectivity index (χ3v) is 5.56. The predicted octanol–water partition coefficient (Wildman–Crippen LogP) is 5.72. The maximum absolute atomic E-state index is 11.7. The van der Waals surface area contributed by atoms with E-state index in [0.717, 1.165) is 32.4 Å². The Hall–Kier alpha value is -1.76. The normalized spacial score (nSPS) is 11.7. The molecule has 1 heterocycles. The average Bonchev–Trinajstić information content (AvgIpc) is 2.60. The van der Waals surface area contributed by atoms with Gasteiger partial charge in [-0.05, 0) is 60.0 Å². The monoisotopic (exact) mass is 507 g/mol. The zero-order chi connectivity index (χ0) is 18.7. The predicted molar refractivity (Wildman–Crippen MR) is 120 cm³/mol. The van der Waals surface area contributed by atoms with E-state index in [1.165, 1.54) is 6.26 Å². The molecule has 2 aromatic carbocycles. The third kappa shape index (κ3) is 5.61. The van der Waals surface area contributed by atoms with Crippen molar-refractivity contribution in [2.45, 2.75) is 11.8 Å². The van der Waals surface area contributed by atoms with Gasteiger partial charge in [-0.15, -0.1) is 17.0 Å². The van der Waals surface area contributed by atoms with Crippen molar-refractivity contribution < 1.29 is 8.42 Å². The fraction of sp³-hybridized carbons (Fsp3) is 0.0952. The lowest BCUT2D eigenvalue weighted by atomic mass is 9.99. The summed E-state index contributed by atoms with van der Waals surface area (Å²) >= 11 is 3.49. The Morgan fingerprint density at radius 1 is 1.04 bits per heavy atom. The van der Waals surface area contributed by atoms with Crippen LogP contribution in [0.15, 0.2) is 76.2 Å². The summed E-state index contributed by atoms with van der Waals surface area (Å²) in [6.07, 6.45) is 5.09. The fourth-order valence-electron chi connectivity index (χ4n) is 2.58. The van der Waals surface area contributed by atoms with E-state index in [4.69, 9.17) is 0 Å². The van der Waals surface area contributed by atoms with Crippen molar-refractivity contribution >= 4 is 54.4 Å².